The van der Waals surface area contributed by atoms with Gasteiger partial charge in [0.05, 0.1) is 4.92 Å². The molecule has 4 nitrogen and oxygen atoms in total. The monoisotopic (exact) mass is 229 g/mol. The highest BCUT2D eigenvalue weighted by atomic mass is 79.9. The maximum atomic E-state index is 10.8. The third-order valence-corrected chi connectivity index (χ3v) is 1.74. The molecule has 0 amide bonds. The van der Waals surface area contributed by atoms with Crippen LogP contribution in [0.1, 0.15) is 10.4 Å². The number of hydrogen-bond donors (Lipinski definition) is 0. The van der Waals surface area contributed by atoms with E-state index in [-0.39, 0.29) is 11.3 Å². The molecular formula is C7H4BrNO3. The summed E-state index contributed by atoms with van der Waals surface area (Å²) in [5.74, 6) is 0. The van der Waals surface area contributed by atoms with Crippen LogP contribution in [0, 0.1) is 10.1 Å². The molecule has 0 aliphatic rings. The lowest BCUT2D eigenvalue weighted by Gasteiger charge is -1.94. The molecule has 0 N–H and O–H groups in total. The minimum Gasteiger partial charge on any atom is -0.281 e. The fourth-order valence-corrected chi connectivity index (χ4v) is 1.13. The molecule has 0 aromatic heterocycles. The largest absolute Gasteiger partial charge is 0.281 e. The van der Waals surface area contributed by atoms with Crippen molar-refractivity contribution in [2.24, 2.45) is 0 Å². The molecule has 0 aliphatic carbocycles. The molecule has 1 aromatic rings. The Morgan fingerprint density at radius 1 is 1.42 bits per heavy atom. The third-order valence-electron chi connectivity index (χ3n) is 1.31. The van der Waals surface area contributed by atoms with Gasteiger partial charge in [0.1, 0.15) is 5.56 Å². The number of nitro groups is 1. The van der Waals surface area contributed by atoms with Crippen molar-refractivity contribution >= 4 is 26.3 Å². The van der Waals surface area contributed by atoms with Crippen LogP contribution in [0.4, 0.5) is 5.69 Å². The quantitative estimate of drug-likeness (QED) is 0.444. The predicted molar refractivity (Wildman–Crippen MR) is 46.4 cm³/mol. The minimum absolute atomic E-state index is 0.0718. The van der Waals surface area contributed by atoms with Gasteiger partial charge in [-0.1, -0.05) is 12.1 Å². The minimum atomic E-state index is -0.589. The van der Waals surface area contributed by atoms with Crippen LogP contribution >= 0.6 is 15.9 Å². The van der Waals surface area contributed by atoms with Gasteiger partial charge in [-0.25, -0.2) is 0 Å². The van der Waals surface area contributed by atoms with Crippen LogP contribution < -0.4 is 0 Å². The molecule has 0 fully saturated rings. The predicted octanol–water partition coefficient (Wildman–Crippen LogP) is 2.13. The molecule has 0 saturated carbocycles. The highest BCUT2D eigenvalue weighted by molar-refractivity contribution is 9.18. The molecule has 1 rings (SSSR count). The molecule has 12 heavy (non-hydrogen) atoms. The van der Waals surface area contributed by atoms with Crippen molar-refractivity contribution in [1.29, 1.82) is 0 Å². The topological polar surface area (TPSA) is 60.2 Å². The van der Waals surface area contributed by atoms with Crippen molar-refractivity contribution in [3.63, 3.8) is 0 Å². The number of para-hydroxylation sites is 1. The van der Waals surface area contributed by atoms with E-state index < -0.39 is 9.62 Å². The second kappa shape index (κ2) is 3.44. The Balaban J connectivity index is 3.27. The summed E-state index contributed by atoms with van der Waals surface area (Å²) in [5, 5.41) is 10.4. The molecule has 5 heteroatoms. The Hall–Kier alpha value is -1.23. The Morgan fingerprint density at radius 3 is 2.42 bits per heavy atom. The summed E-state index contributed by atoms with van der Waals surface area (Å²) in [6.07, 6.45) is 0. The van der Waals surface area contributed by atoms with Crippen LogP contribution in [0.2, 0.25) is 0 Å². The third kappa shape index (κ3) is 1.68. The van der Waals surface area contributed by atoms with Crippen LogP contribution in [0.3, 0.4) is 0 Å². The second-order valence-electron chi connectivity index (χ2n) is 2.05. The molecule has 0 heterocycles. The molecular weight excluding hydrogens is 226 g/mol. The standard InChI is InChI=1S/C7H4BrNO3/c8-7(10)5-3-1-2-4-6(5)9(11)12/h1-4H. The van der Waals surface area contributed by atoms with Gasteiger partial charge in [-0.05, 0) is 22.0 Å². The van der Waals surface area contributed by atoms with E-state index in [2.05, 4.69) is 15.9 Å². The van der Waals surface area contributed by atoms with Gasteiger partial charge in [-0.3, -0.25) is 14.9 Å². The van der Waals surface area contributed by atoms with E-state index in [0.717, 1.165) is 0 Å². The zero-order valence-electron chi connectivity index (χ0n) is 5.86. The summed E-state index contributed by atoms with van der Waals surface area (Å²) in [7, 11) is 0. The zero-order chi connectivity index (χ0) is 9.14. The van der Waals surface area contributed by atoms with E-state index in [1.807, 2.05) is 0 Å². The molecule has 0 aliphatic heterocycles. The maximum absolute atomic E-state index is 10.8. The highest BCUT2D eigenvalue weighted by Gasteiger charge is 2.16. The average molecular weight is 230 g/mol. The first-order chi connectivity index (χ1) is 5.63. The molecule has 0 saturated heterocycles. The fraction of sp³-hybridized carbons (Fsp3) is 0. The van der Waals surface area contributed by atoms with E-state index in [0.29, 0.717) is 0 Å². The number of carbonyl (C=O) groups is 1. The number of rotatable bonds is 2. The van der Waals surface area contributed by atoms with E-state index in [4.69, 9.17) is 0 Å². The summed E-state index contributed by atoms with van der Waals surface area (Å²) >= 11 is 2.66. The van der Waals surface area contributed by atoms with E-state index in [1.165, 1.54) is 18.2 Å². The first-order valence-corrected chi connectivity index (χ1v) is 3.85. The van der Waals surface area contributed by atoms with Crippen LogP contribution in [0.5, 0.6) is 0 Å². The van der Waals surface area contributed by atoms with Crippen molar-refractivity contribution in [3.8, 4) is 0 Å². The molecule has 0 unspecified atom stereocenters. The van der Waals surface area contributed by atoms with E-state index in [9.17, 15) is 14.9 Å². The molecule has 0 radical (unpaired) electrons. The molecule has 0 spiro atoms. The van der Waals surface area contributed by atoms with Gasteiger partial charge in [0, 0.05) is 6.07 Å². The Labute approximate surface area is 76.5 Å². The number of nitro benzene ring substituents is 1. The molecule has 0 atom stereocenters. The van der Waals surface area contributed by atoms with Gasteiger partial charge in [0.2, 0.25) is 4.69 Å². The number of carbonyl (C=O) groups excluding carboxylic acids is 1. The highest BCUT2D eigenvalue weighted by Crippen LogP contribution is 2.19. The van der Waals surface area contributed by atoms with Crippen molar-refractivity contribution in [3.05, 3.63) is 39.9 Å². The SMILES string of the molecule is O=C(Br)c1ccccc1[N+](=O)[O-]. The lowest BCUT2D eigenvalue weighted by atomic mass is 10.2. The first-order valence-electron chi connectivity index (χ1n) is 3.06. The lowest BCUT2D eigenvalue weighted by Crippen LogP contribution is -1.96. The smallest absolute Gasteiger partial charge is 0.281 e. The number of benzene rings is 1. The molecule has 0 bridgehead atoms. The van der Waals surface area contributed by atoms with E-state index in [1.54, 1.807) is 6.07 Å². The molecule has 62 valence electrons. The van der Waals surface area contributed by atoms with Gasteiger partial charge in [-0.15, -0.1) is 0 Å². The lowest BCUT2D eigenvalue weighted by molar-refractivity contribution is -0.385. The average Bonchev–Trinajstić information content (AvgIpc) is 2.04. The number of nitrogens with zero attached hydrogens (tertiary/aromatic N) is 1. The Bertz CT molecular complexity index is 304. The van der Waals surface area contributed by atoms with Gasteiger partial charge in [0.25, 0.3) is 5.69 Å². The van der Waals surface area contributed by atoms with Gasteiger partial charge in [0.15, 0.2) is 0 Å². The van der Waals surface area contributed by atoms with Crippen molar-refractivity contribution < 1.29 is 9.72 Å². The maximum Gasteiger partial charge on any atom is 0.281 e. The zero-order valence-corrected chi connectivity index (χ0v) is 7.45. The van der Waals surface area contributed by atoms with Crippen molar-refractivity contribution in [2.45, 2.75) is 0 Å². The van der Waals surface area contributed by atoms with Crippen LogP contribution in [-0.4, -0.2) is 9.62 Å². The van der Waals surface area contributed by atoms with Crippen molar-refractivity contribution in [2.75, 3.05) is 0 Å². The second-order valence-corrected chi connectivity index (χ2v) is 2.77. The van der Waals surface area contributed by atoms with Gasteiger partial charge >= 0.3 is 0 Å². The number of hydrogen-bond acceptors (Lipinski definition) is 3. The van der Waals surface area contributed by atoms with Crippen LogP contribution in [0.15, 0.2) is 24.3 Å². The summed E-state index contributed by atoms with van der Waals surface area (Å²) < 4.78 is -0.477. The van der Waals surface area contributed by atoms with Crippen LogP contribution in [0.25, 0.3) is 0 Å². The first kappa shape index (κ1) is 8.86. The number of halogens is 1. The normalized spacial score (nSPS) is 9.42. The van der Waals surface area contributed by atoms with Gasteiger partial charge in [-0.2, -0.15) is 0 Å². The van der Waals surface area contributed by atoms with E-state index >= 15 is 0 Å². The van der Waals surface area contributed by atoms with Crippen molar-refractivity contribution in [1.82, 2.24) is 0 Å². The summed E-state index contributed by atoms with van der Waals surface area (Å²) in [6.45, 7) is 0. The summed E-state index contributed by atoms with van der Waals surface area (Å²) in [6, 6.07) is 5.77. The fourth-order valence-electron chi connectivity index (χ4n) is 0.799. The van der Waals surface area contributed by atoms with Gasteiger partial charge < -0.3 is 0 Å². The Morgan fingerprint density at radius 2 is 2.00 bits per heavy atom. The van der Waals surface area contributed by atoms with Crippen LogP contribution in [-0.2, 0) is 0 Å². The Kier molecular flexibility index (Phi) is 2.54. The summed E-state index contributed by atoms with van der Waals surface area (Å²) in [4.78, 5) is 20.6. The molecule has 1 aromatic carbocycles. The summed E-state index contributed by atoms with van der Waals surface area (Å²) in [5.41, 5.74) is -0.109.